The molecule has 66 valence electrons. The van der Waals surface area contributed by atoms with Gasteiger partial charge < -0.3 is 4.57 Å². The highest BCUT2D eigenvalue weighted by Crippen LogP contribution is 2.18. The van der Waals surface area contributed by atoms with Crippen LogP contribution in [0.5, 0.6) is 0 Å². The third-order valence-corrected chi connectivity index (χ3v) is 2.57. The van der Waals surface area contributed by atoms with Gasteiger partial charge in [-0.05, 0) is 40.8 Å². The van der Waals surface area contributed by atoms with Crippen molar-refractivity contribution in [2.45, 2.75) is 0 Å². The molecule has 0 bridgehead atoms. The number of halogens is 2. The molecule has 2 rings (SSSR count). The molecule has 0 radical (unpaired) electrons. The zero-order valence-electron chi connectivity index (χ0n) is 6.61. The van der Waals surface area contributed by atoms with Crippen molar-refractivity contribution in [1.82, 2.24) is 9.55 Å². The Hall–Kier alpha value is -0.550. The van der Waals surface area contributed by atoms with Crippen molar-refractivity contribution in [2.75, 3.05) is 0 Å². The van der Waals surface area contributed by atoms with E-state index in [4.69, 9.17) is 11.6 Å². The first-order chi connectivity index (χ1) is 6.27. The van der Waals surface area contributed by atoms with E-state index in [1.54, 1.807) is 6.20 Å². The van der Waals surface area contributed by atoms with Crippen molar-refractivity contribution in [3.8, 4) is 5.82 Å². The first kappa shape index (κ1) is 9.02. The zero-order chi connectivity index (χ0) is 9.26. The maximum absolute atomic E-state index is 5.98. The molecule has 0 spiro atoms. The molecule has 2 aromatic heterocycles. The lowest BCUT2D eigenvalue weighted by Crippen LogP contribution is -1.93. The van der Waals surface area contributed by atoms with Gasteiger partial charge in [0.15, 0.2) is 5.82 Å². The minimum Gasteiger partial charge on any atom is -0.306 e. The summed E-state index contributed by atoms with van der Waals surface area (Å²) in [6.07, 6.45) is 5.65. The molecule has 0 saturated carbocycles. The summed E-state index contributed by atoms with van der Waals surface area (Å²) in [5.41, 5.74) is 0. The summed E-state index contributed by atoms with van der Waals surface area (Å²) in [5.74, 6) is 0.770. The SMILES string of the molecule is Clc1cccnc1-n1ccc(I)c1. The lowest BCUT2D eigenvalue weighted by atomic mass is 10.4. The zero-order valence-corrected chi connectivity index (χ0v) is 9.53. The van der Waals surface area contributed by atoms with E-state index in [9.17, 15) is 0 Å². The van der Waals surface area contributed by atoms with E-state index >= 15 is 0 Å². The van der Waals surface area contributed by atoms with Crippen LogP contribution in [0, 0.1) is 3.57 Å². The van der Waals surface area contributed by atoms with Crippen LogP contribution in [-0.2, 0) is 0 Å². The molecule has 0 atom stereocenters. The van der Waals surface area contributed by atoms with Gasteiger partial charge in [0.1, 0.15) is 0 Å². The third-order valence-electron chi connectivity index (χ3n) is 1.64. The number of hydrogen-bond acceptors (Lipinski definition) is 1. The van der Waals surface area contributed by atoms with Gasteiger partial charge in [-0.3, -0.25) is 0 Å². The normalized spacial score (nSPS) is 10.3. The Morgan fingerprint density at radius 2 is 2.23 bits per heavy atom. The summed E-state index contributed by atoms with van der Waals surface area (Å²) in [7, 11) is 0. The minimum atomic E-state index is 0.662. The summed E-state index contributed by atoms with van der Waals surface area (Å²) < 4.78 is 3.07. The van der Waals surface area contributed by atoms with E-state index in [0.717, 1.165) is 5.82 Å². The van der Waals surface area contributed by atoms with Crippen LogP contribution in [0.25, 0.3) is 5.82 Å². The van der Waals surface area contributed by atoms with Gasteiger partial charge in [0.25, 0.3) is 0 Å². The molecule has 0 unspecified atom stereocenters. The van der Waals surface area contributed by atoms with E-state index < -0.39 is 0 Å². The average Bonchev–Trinajstić information content (AvgIpc) is 2.53. The Morgan fingerprint density at radius 3 is 2.85 bits per heavy atom. The van der Waals surface area contributed by atoms with E-state index in [0.29, 0.717) is 5.02 Å². The molecule has 0 aliphatic carbocycles. The number of nitrogens with zero attached hydrogens (tertiary/aromatic N) is 2. The van der Waals surface area contributed by atoms with Gasteiger partial charge in [0.05, 0.1) is 5.02 Å². The Labute approximate surface area is 94.7 Å². The van der Waals surface area contributed by atoms with Crippen molar-refractivity contribution < 1.29 is 0 Å². The number of rotatable bonds is 1. The van der Waals surface area contributed by atoms with Crippen molar-refractivity contribution in [3.63, 3.8) is 0 Å². The van der Waals surface area contributed by atoms with Crippen LogP contribution in [-0.4, -0.2) is 9.55 Å². The fourth-order valence-corrected chi connectivity index (χ4v) is 1.75. The van der Waals surface area contributed by atoms with Crippen LogP contribution in [0.4, 0.5) is 0 Å². The fourth-order valence-electron chi connectivity index (χ4n) is 1.07. The molecule has 0 amide bonds. The molecule has 0 aliphatic rings. The Kier molecular flexibility index (Phi) is 2.55. The molecule has 2 nitrogen and oxygen atoms in total. The molecule has 2 heterocycles. The summed E-state index contributed by atoms with van der Waals surface area (Å²) in [5, 5.41) is 0.662. The Bertz CT molecular complexity index is 425. The lowest BCUT2D eigenvalue weighted by Gasteiger charge is -2.02. The van der Waals surface area contributed by atoms with Gasteiger partial charge >= 0.3 is 0 Å². The summed E-state index contributed by atoms with van der Waals surface area (Å²) in [4.78, 5) is 4.19. The predicted octanol–water partition coefficient (Wildman–Crippen LogP) is 3.13. The number of aromatic nitrogens is 2. The van der Waals surface area contributed by atoms with Gasteiger partial charge in [-0.1, -0.05) is 11.6 Å². The van der Waals surface area contributed by atoms with Gasteiger partial charge in [-0.2, -0.15) is 0 Å². The van der Waals surface area contributed by atoms with Crippen LogP contribution in [0.2, 0.25) is 5.02 Å². The van der Waals surface area contributed by atoms with Gasteiger partial charge in [-0.15, -0.1) is 0 Å². The monoisotopic (exact) mass is 304 g/mol. The van der Waals surface area contributed by atoms with E-state index in [1.807, 2.05) is 35.2 Å². The Balaban J connectivity index is 2.52. The van der Waals surface area contributed by atoms with Crippen LogP contribution in [0.3, 0.4) is 0 Å². The smallest absolute Gasteiger partial charge is 0.155 e. The number of pyridine rings is 1. The van der Waals surface area contributed by atoms with E-state index in [-0.39, 0.29) is 0 Å². The van der Waals surface area contributed by atoms with Crippen LogP contribution >= 0.6 is 34.2 Å². The standard InChI is InChI=1S/C9H6ClIN2/c10-8-2-1-4-12-9(8)13-5-3-7(11)6-13/h1-6H. The largest absolute Gasteiger partial charge is 0.306 e. The highest BCUT2D eigenvalue weighted by Gasteiger charge is 2.02. The van der Waals surface area contributed by atoms with Crippen LogP contribution in [0.15, 0.2) is 36.8 Å². The second kappa shape index (κ2) is 3.67. The highest BCUT2D eigenvalue weighted by molar-refractivity contribution is 14.1. The minimum absolute atomic E-state index is 0.662. The highest BCUT2D eigenvalue weighted by atomic mass is 127. The second-order valence-corrected chi connectivity index (χ2v) is 4.20. The van der Waals surface area contributed by atoms with Gasteiger partial charge in [0, 0.05) is 22.2 Å². The molecule has 4 heteroatoms. The maximum Gasteiger partial charge on any atom is 0.155 e. The molecule has 0 saturated heterocycles. The molecule has 0 N–H and O–H groups in total. The van der Waals surface area contributed by atoms with Crippen LogP contribution < -0.4 is 0 Å². The van der Waals surface area contributed by atoms with Crippen molar-refractivity contribution >= 4 is 34.2 Å². The van der Waals surface area contributed by atoms with Crippen molar-refractivity contribution in [3.05, 3.63) is 45.4 Å². The first-order valence-electron chi connectivity index (χ1n) is 3.72. The molecule has 13 heavy (non-hydrogen) atoms. The lowest BCUT2D eigenvalue weighted by molar-refractivity contribution is 1.01. The first-order valence-corrected chi connectivity index (χ1v) is 5.17. The van der Waals surface area contributed by atoms with E-state index in [2.05, 4.69) is 27.6 Å². The number of hydrogen-bond donors (Lipinski definition) is 0. The van der Waals surface area contributed by atoms with Crippen molar-refractivity contribution in [2.24, 2.45) is 0 Å². The fraction of sp³-hybridized carbons (Fsp3) is 0. The second-order valence-electron chi connectivity index (χ2n) is 2.55. The summed E-state index contributed by atoms with van der Waals surface area (Å²) >= 11 is 8.23. The van der Waals surface area contributed by atoms with E-state index in [1.165, 1.54) is 3.57 Å². The quantitative estimate of drug-likeness (QED) is 0.740. The molecule has 0 aromatic carbocycles. The van der Waals surface area contributed by atoms with Gasteiger partial charge in [-0.25, -0.2) is 4.98 Å². The average molecular weight is 305 g/mol. The predicted molar refractivity (Wildman–Crippen MR) is 61.3 cm³/mol. The molecular weight excluding hydrogens is 298 g/mol. The summed E-state index contributed by atoms with van der Waals surface area (Å²) in [6, 6.07) is 5.66. The topological polar surface area (TPSA) is 17.8 Å². The Morgan fingerprint density at radius 1 is 1.38 bits per heavy atom. The molecule has 0 fully saturated rings. The van der Waals surface area contributed by atoms with Gasteiger partial charge in [0.2, 0.25) is 0 Å². The third kappa shape index (κ3) is 1.86. The van der Waals surface area contributed by atoms with Crippen LogP contribution in [0.1, 0.15) is 0 Å². The molecule has 2 aromatic rings. The summed E-state index contributed by atoms with van der Waals surface area (Å²) in [6.45, 7) is 0. The maximum atomic E-state index is 5.98. The molecular formula is C9H6ClIN2. The van der Waals surface area contributed by atoms with Crippen molar-refractivity contribution in [1.29, 1.82) is 0 Å². The molecule has 0 aliphatic heterocycles.